The molecule has 0 spiro atoms. The fourth-order valence-corrected chi connectivity index (χ4v) is 5.06. The van der Waals surface area contributed by atoms with E-state index in [1.54, 1.807) is 46.8 Å². The first kappa shape index (κ1) is 29.3. The number of hydrogen-bond acceptors (Lipinski definition) is 9. The maximum absolute atomic E-state index is 14.1. The predicted octanol–water partition coefficient (Wildman–Crippen LogP) is 5.75. The number of aromatic nitrogens is 5. The number of rotatable bonds is 5. The Labute approximate surface area is 239 Å². The second-order valence-corrected chi connectivity index (χ2v) is 11.2. The average molecular weight is 588 g/mol. The highest BCUT2D eigenvalue weighted by molar-refractivity contribution is 5.94. The SMILES string of the molecule is COC1CCN(C(=O)OC(C)(C)C)CC1Nc1ncc(C(F)(F)F)c(-c2c[nH]c3nc(-c4c(C)noc4C)ccc23)n1. The number of anilines is 1. The summed E-state index contributed by atoms with van der Waals surface area (Å²) in [5, 5.41) is 7.49. The van der Waals surface area contributed by atoms with Crippen LogP contribution >= 0.6 is 0 Å². The van der Waals surface area contributed by atoms with E-state index in [1.165, 1.54) is 18.2 Å². The molecule has 5 heterocycles. The Hall–Kier alpha value is -4.20. The van der Waals surface area contributed by atoms with Gasteiger partial charge in [0.1, 0.15) is 22.6 Å². The van der Waals surface area contributed by atoms with Gasteiger partial charge in [0.05, 0.1) is 34.8 Å². The molecule has 2 N–H and O–H groups in total. The standard InChI is InChI=1S/C28H32F3N7O4/c1-14-22(15(2)42-37-14)19-8-7-16-17(11-32-24(16)34-19)23-18(28(29,30)31)12-33-25(36-23)35-20-13-38(10-9-21(20)40-6)26(39)41-27(3,4)5/h7-8,11-12,20-21H,9-10,13H2,1-6H3,(H,32,34)(H,33,35,36). The van der Waals surface area contributed by atoms with Crippen molar-refractivity contribution in [2.24, 2.45) is 0 Å². The first-order chi connectivity index (χ1) is 19.7. The van der Waals surface area contributed by atoms with Gasteiger partial charge in [-0.2, -0.15) is 13.2 Å². The first-order valence-corrected chi connectivity index (χ1v) is 13.4. The van der Waals surface area contributed by atoms with Gasteiger partial charge in [-0.05, 0) is 53.2 Å². The number of carbonyl (C=O) groups excluding carboxylic acids is 1. The summed E-state index contributed by atoms with van der Waals surface area (Å²) in [4.78, 5) is 30.1. The molecule has 1 aliphatic rings. The molecule has 4 aromatic heterocycles. The van der Waals surface area contributed by atoms with Crippen molar-refractivity contribution in [3.05, 3.63) is 41.5 Å². The van der Waals surface area contributed by atoms with Crippen molar-refractivity contribution in [2.45, 2.75) is 65.0 Å². The van der Waals surface area contributed by atoms with E-state index in [0.717, 1.165) is 11.8 Å². The highest BCUT2D eigenvalue weighted by Gasteiger charge is 2.38. The molecule has 0 saturated carbocycles. The van der Waals surface area contributed by atoms with Gasteiger partial charge in [0, 0.05) is 43.5 Å². The molecule has 11 nitrogen and oxygen atoms in total. The van der Waals surface area contributed by atoms with Gasteiger partial charge in [-0.25, -0.2) is 19.7 Å². The molecular formula is C28H32F3N7O4. The largest absolute Gasteiger partial charge is 0.444 e. The number of fused-ring (bicyclic) bond motifs is 1. The molecule has 1 aliphatic heterocycles. The number of nitrogens with zero attached hydrogens (tertiary/aromatic N) is 5. The summed E-state index contributed by atoms with van der Waals surface area (Å²) in [6.45, 7) is 9.47. The topological polar surface area (TPSA) is 131 Å². The zero-order valence-corrected chi connectivity index (χ0v) is 24.1. The summed E-state index contributed by atoms with van der Waals surface area (Å²) < 4.78 is 58.8. The molecule has 5 rings (SSSR count). The van der Waals surface area contributed by atoms with Crippen LogP contribution in [-0.2, 0) is 15.7 Å². The Morgan fingerprint density at radius 1 is 1.19 bits per heavy atom. The lowest BCUT2D eigenvalue weighted by atomic mass is 10.0. The number of aryl methyl sites for hydroxylation is 2. The lowest BCUT2D eigenvalue weighted by Crippen LogP contribution is -2.53. The molecule has 224 valence electrons. The maximum atomic E-state index is 14.1. The molecule has 14 heteroatoms. The zero-order valence-electron chi connectivity index (χ0n) is 24.1. The van der Waals surface area contributed by atoms with Gasteiger partial charge >= 0.3 is 12.3 Å². The van der Waals surface area contributed by atoms with E-state index in [1.807, 2.05) is 0 Å². The van der Waals surface area contributed by atoms with Gasteiger partial charge in [-0.1, -0.05) is 5.16 Å². The second kappa shape index (κ2) is 10.9. The highest BCUT2D eigenvalue weighted by Crippen LogP contribution is 2.39. The van der Waals surface area contributed by atoms with Crippen LogP contribution in [0.25, 0.3) is 33.5 Å². The summed E-state index contributed by atoms with van der Waals surface area (Å²) in [6, 6.07) is 2.89. The average Bonchev–Trinajstić information content (AvgIpc) is 3.48. The lowest BCUT2D eigenvalue weighted by molar-refractivity contribution is -0.137. The summed E-state index contributed by atoms with van der Waals surface area (Å²) in [5.74, 6) is 0.546. The van der Waals surface area contributed by atoms with Gasteiger partial charge in [0.15, 0.2) is 0 Å². The van der Waals surface area contributed by atoms with E-state index in [0.29, 0.717) is 41.1 Å². The molecule has 2 atom stereocenters. The Morgan fingerprint density at radius 2 is 1.95 bits per heavy atom. The van der Waals surface area contributed by atoms with Crippen LogP contribution < -0.4 is 5.32 Å². The van der Waals surface area contributed by atoms with Crippen LogP contribution in [0, 0.1) is 13.8 Å². The number of likely N-dealkylation sites (tertiary alicyclic amines) is 1. The van der Waals surface area contributed by atoms with Gasteiger partial charge < -0.3 is 29.2 Å². The summed E-state index contributed by atoms with van der Waals surface area (Å²) in [6.07, 6.45) is -2.85. The monoisotopic (exact) mass is 587 g/mol. The van der Waals surface area contributed by atoms with Crippen molar-refractivity contribution in [1.82, 2.24) is 30.0 Å². The molecule has 0 radical (unpaired) electrons. The molecule has 0 aliphatic carbocycles. The number of methoxy groups -OCH3 is 1. The molecule has 4 aromatic rings. The summed E-state index contributed by atoms with van der Waals surface area (Å²) in [7, 11) is 1.54. The van der Waals surface area contributed by atoms with Crippen molar-refractivity contribution in [3.8, 4) is 22.5 Å². The number of halogens is 3. The van der Waals surface area contributed by atoms with E-state index < -0.39 is 29.5 Å². The third-order valence-electron chi connectivity index (χ3n) is 7.00. The number of hydrogen-bond donors (Lipinski definition) is 2. The molecule has 1 saturated heterocycles. The Morgan fingerprint density at radius 3 is 2.60 bits per heavy atom. The van der Waals surface area contributed by atoms with Crippen LogP contribution in [0.1, 0.15) is 44.2 Å². The highest BCUT2D eigenvalue weighted by atomic mass is 19.4. The molecule has 0 bridgehead atoms. The molecule has 1 fully saturated rings. The lowest BCUT2D eigenvalue weighted by Gasteiger charge is -2.38. The van der Waals surface area contributed by atoms with Crippen LogP contribution in [0.3, 0.4) is 0 Å². The first-order valence-electron chi connectivity index (χ1n) is 13.4. The van der Waals surface area contributed by atoms with Crippen molar-refractivity contribution in [3.63, 3.8) is 0 Å². The van der Waals surface area contributed by atoms with E-state index in [9.17, 15) is 18.0 Å². The second-order valence-electron chi connectivity index (χ2n) is 11.2. The van der Waals surface area contributed by atoms with Gasteiger partial charge in [0.25, 0.3) is 0 Å². The third kappa shape index (κ3) is 5.89. The Kier molecular flexibility index (Phi) is 7.60. The molecule has 0 aromatic carbocycles. The number of amides is 1. The molecule has 1 amide bonds. The van der Waals surface area contributed by atoms with Crippen LogP contribution in [-0.4, -0.2) is 74.0 Å². The number of ether oxygens (including phenoxy) is 2. The van der Waals surface area contributed by atoms with Gasteiger partial charge in [0.2, 0.25) is 5.95 Å². The number of pyridine rings is 1. The van der Waals surface area contributed by atoms with E-state index in [-0.39, 0.29) is 29.9 Å². The van der Waals surface area contributed by atoms with Crippen molar-refractivity contribution in [1.29, 1.82) is 0 Å². The van der Waals surface area contributed by atoms with E-state index >= 15 is 0 Å². The van der Waals surface area contributed by atoms with Crippen LogP contribution in [0.2, 0.25) is 0 Å². The number of piperidine rings is 1. The van der Waals surface area contributed by atoms with Crippen molar-refractivity contribution < 1.29 is 32.0 Å². The van der Waals surface area contributed by atoms with Crippen molar-refractivity contribution >= 4 is 23.1 Å². The summed E-state index contributed by atoms with van der Waals surface area (Å²) in [5.41, 5.74) is 0.554. The Balaban J connectivity index is 1.49. The number of aromatic amines is 1. The Bertz CT molecular complexity index is 1590. The number of carbonyl (C=O) groups is 1. The van der Waals surface area contributed by atoms with E-state index in [4.69, 9.17) is 14.0 Å². The number of H-pyrrole nitrogens is 1. The van der Waals surface area contributed by atoms with Crippen molar-refractivity contribution in [2.75, 3.05) is 25.5 Å². The maximum Gasteiger partial charge on any atom is 0.419 e. The minimum atomic E-state index is -4.71. The fourth-order valence-electron chi connectivity index (χ4n) is 5.06. The summed E-state index contributed by atoms with van der Waals surface area (Å²) >= 11 is 0. The predicted molar refractivity (Wildman–Crippen MR) is 148 cm³/mol. The molecule has 42 heavy (non-hydrogen) atoms. The zero-order chi connectivity index (χ0) is 30.4. The van der Waals surface area contributed by atoms with Crippen LogP contribution in [0.4, 0.5) is 23.9 Å². The minimum absolute atomic E-state index is 0.0364. The van der Waals surface area contributed by atoms with E-state index in [2.05, 4.69) is 30.4 Å². The number of alkyl halides is 3. The normalized spacial score (nSPS) is 18.0. The quantitative estimate of drug-likeness (QED) is 0.300. The van der Waals surface area contributed by atoms with Crippen LogP contribution in [0.5, 0.6) is 0 Å². The van der Waals surface area contributed by atoms with Gasteiger partial charge in [-0.15, -0.1) is 0 Å². The van der Waals surface area contributed by atoms with Gasteiger partial charge in [-0.3, -0.25) is 0 Å². The minimum Gasteiger partial charge on any atom is -0.444 e. The van der Waals surface area contributed by atoms with Crippen LogP contribution in [0.15, 0.2) is 29.0 Å². The number of nitrogens with one attached hydrogen (secondary N) is 2. The molecule has 2 unspecified atom stereocenters. The third-order valence-corrected chi connectivity index (χ3v) is 7.00. The smallest absolute Gasteiger partial charge is 0.419 e. The fraction of sp³-hybridized carbons (Fsp3) is 0.464. The molecular weight excluding hydrogens is 555 g/mol.